The van der Waals surface area contributed by atoms with Gasteiger partial charge in [-0.05, 0) is 53.8 Å². The summed E-state index contributed by atoms with van der Waals surface area (Å²) in [4.78, 5) is 38.8. The molecule has 0 aliphatic carbocycles. The lowest BCUT2D eigenvalue weighted by Crippen LogP contribution is -2.42. The summed E-state index contributed by atoms with van der Waals surface area (Å²) in [5, 5.41) is 6.30. The minimum absolute atomic E-state index is 0.0712. The predicted molar refractivity (Wildman–Crippen MR) is 167 cm³/mol. The number of carbonyl (C=O) groups is 2. The summed E-state index contributed by atoms with van der Waals surface area (Å²) in [5.74, 6) is -0.277. The van der Waals surface area contributed by atoms with Gasteiger partial charge in [-0.2, -0.15) is 0 Å². The summed E-state index contributed by atoms with van der Waals surface area (Å²) in [6, 6.07) is 16.8. The molecule has 2 aromatic carbocycles. The molecule has 0 spiro atoms. The van der Waals surface area contributed by atoms with Gasteiger partial charge in [0.2, 0.25) is 16.8 Å². The van der Waals surface area contributed by atoms with Crippen molar-refractivity contribution >= 4 is 62.3 Å². The van der Waals surface area contributed by atoms with E-state index in [0.29, 0.717) is 52.0 Å². The SMILES string of the molecule is CSc1nn2cc(-c3nc4c(OC[C@@H]5CCCN5C(=O)[C@H](c5ccccc5)c5ccsc5C(N)=O)cccc4o3)nc2s1. The van der Waals surface area contributed by atoms with Crippen LogP contribution in [0.5, 0.6) is 5.75 Å². The molecule has 1 fully saturated rings. The number of para-hydroxylation sites is 1. The highest BCUT2D eigenvalue weighted by Gasteiger charge is 2.37. The van der Waals surface area contributed by atoms with Crippen molar-refractivity contribution in [2.75, 3.05) is 19.4 Å². The molecule has 2 atom stereocenters. The van der Waals surface area contributed by atoms with E-state index in [1.165, 1.54) is 22.7 Å². The predicted octanol–water partition coefficient (Wildman–Crippen LogP) is 5.68. The largest absolute Gasteiger partial charge is 0.489 e. The molecule has 2 N–H and O–H groups in total. The number of nitrogens with two attached hydrogens (primary N) is 1. The Kier molecular flexibility index (Phi) is 7.37. The first kappa shape index (κ1) is 27.6. The minimum atomic E-state index is -0.636. The number of benzene rings is 2. The third kappa shape index (κ3) is 5.17. The number of carbonyl (C=O) groups excluding carboxylic acids is 2. The Hall–Kier alpha value is -4.20. The average Bonchev–Trinajstić information content (AvgIpc) is 3.84. The normalized spacial score (nSPS) is 15.8. The number of ether oxygens (including phenoxy) is 1. The Morgan fingerprint density at radius 1 is 1.16 bits per heavy atom. The summed E-state index contributed by atoms with van der Waals surface area (Å²) < 4.78 is 15.0. The number of primary amides is 1. The highest BCUT2D eigenvalue weighted by atomic mass is 32.2. The molecule has 218 valence electrons. The van der Waals surface area contributed by atoms with E-state index in [0.717, 1.165) is 27.7 Å². The summed E-state index contributed by atoms with van der Waals surface area (Å²) in [6.45, 7) is 0.900. The molecule has 1 saturated heterocycles. The van der Waals surface area contributed by atoms with E-state index < -0.39 is 11.8 Å². The van der Waals surface area contributed by atoms with Crippen LogP contribution in [-0.4, -0.2) is 61.7 Å². The third-order valence-corrected chi connectivity index (χ3v) is 10.3. The molecular formula is C30H26N6O4S3. The number of likely N-dealkylation sites (tertiary alicyclic amines) is 1. The Morgan fingerprint density at radius 3 is 2.81 bits per heavy atom. The van der Waals surface area contributed by atoms with Gasteiger partial charge in [0.05, 0.1) is 23.0 Å². The van der Waals surface area contributed by atoms with Crippen molar-refractivity contribution in [2.24, 2.45) is 5.73 Å². The lowest BCUT2D eigenvalue weighted by molar-refractivity contribution is -0.133. The van der Waals surface area contributed by atoms with Crippen molar-refractivity contribution in [1.29, 1.82) is 0 Å². The fourth-order valence-corrected chi connectivity index (χ4v) is 7.65. The van der Waals surface area contributed by atoms with Crippen LogP contribution in [0.4, 0.5) is 0 Å². The van der Waals surface area contributed by atoms with E-state index in [1.807, 2.05) is 65.8 Å². The second kappa shape index (κ2) is 11.5. The van der Waals surface area contributed by atoms with Crippen molar-refractivity contribution in [3.63, 3.8) is 0 Å². The summed E-state index contributed by atoms with van der Waals surface area (Å²) in [5.41, 5.74) is 8.91. The number of nitrogens with zero attached hydrogens (tertiary/aromatic N) is 5. The Balaban J connectivity index is 1.13. The smallest absolute Gasteiger partial charge is 0.259 e. The number of hydrogen-bond acceptors (Lipinski definition) is 10. The zero-order valence-corrected chi connectivity index (χ0v) is 25.5. The molecule has 5 heterocycles. The van der Waals surface area contributed by atoms with Crippen LogP contribution < -0.4 is 10.5 Å². The lowest BCUT2D eigenvalue weighted by atomic mass is 9.90. The number of oxazole rings is 1. The Labute approximate surface area is 258 Å². The van der Waals surface area contributed by atoms with Crippen LogP contribution in [0.15, 0.2) is 74.9 Å². The van der Waals surface area contributed by atoms with Crippen molar-refractivity contribution in [2.45, 2.75) is 29.1 Å². The van der Waals surface area contributed by atoms with Crippen LogP contribution in [0.2, 0.25) is 0 Å². The topological polar surface area (TPSA) is 129 Å². The molecule has 0 unspecified atom stereocenters. The van der Waals surface area contributed by atoms with Crippen LogP contribution in [0.1, 0.15) is 39.6 Å². The van der Waals surface area contributed by atoms with Crippen LogP contribution in [-0.2, 0) is 4.79 Å². The van der Waals surface area contributed by atoms with Crippen molar-refractivity contribution in [1.82, 2.24) is 24.5 Å². The van der Waals surface area contributed by atoms with Gasteiger partial charge in [0.15, 0.2) is 15.4 Å². The number of hydrogen-bond donors (Lipinski definition) is 1. The zero-order valence-electron chi connectivity index (χ0n) is 23.0. The standard InChI is InChI=1S/C30H26N6O4S3/c1-41-30-34-36-15-20(32-29(36)43-30)27-33-24-21(10-5-11-22(24)40-27)39-16-18-9-6-13-35(18)28(38)23(17-7-3-2-4-8-17)19-12-14-42-25(19)26(31)37/h2-5,7-8,10-12,14-15,18,23H,6,9,13,16H2,1H3,(H2,31,37)/t18-,23+/m0/s1. The van der Waals surface area contributed by atoms with E-state index in [-0.39, 0.29) is 11.9 Å². The molecular weight excluding hydrogens is 605 g/mol. The number of thiophene rings is 1. The average molecular weight is 631 g/mol. The molecule has 2 amide bonds. The first-order valence-electron chi connectivity index (χ1n) is 13.7. The van der Waals surface area contributed by atoms with Crippen LogP contribution in [0.25, 0.3) is 27.6 Å². The molecule has 13 heteroatoms. The molecule has 10 nitrogen and oxygen atoms in total. The zero-order chi connectivity index (χ0) is 29.5. The van der Waals surface area contributed by atoms with E-state index >= 15 is 0 Å². The molecule has 6 aromatic rings. The summed E-state index contributed by atoms with van der Waals surface area (Å²) >= 11 is 4.34. The van der Waals surface area contributed by atoms with E-state index in [2.05, 4.69) is 10.1 Å². The van der Waals surface area contributed by atoms with Gasteiger partial charge in [0, 0.05) is 6.54 Å². The quantitative estimate of drug-likeness (QED) is 0.202. The molecule has 43 heavy (non-hydrogen) atoms. The van der Waals surface area contributed by atoms with Crippen LogP contribution in [0.3, 0.4) is 0 Å². The number of fused-ring (bicyclic) bond motifs is 2. The maximum atomic E-state index is 14.2. The van der Waals surface area contributed by atoms with E-state index in [1.54, 1.807) is 27.9 Å². The molecule has 1 aliphatic heterocycles. The Morgan fingerprint density at radius 2 is 2.02 bits per heavy atom. The first-order chi connectivity index (χ1) is 21.0. The van der Waals surface area contributed by atoms with Gasteiger partial charge >= 0.3 is 0 Å². The monoisotopic (exact) mass is 630 g/mol. The second-order valence-corrected chi connectivity index (χ2v) is 13.0. The summed E-state index contributed by atoms with van der Waals surface area (Å²) in [7, 11) is 0. The van der Waals surface area contributed by atoms with Gasteiger partial charge in [-0.3, -0.25) is 9.59 Å². The van der Waals surface area contributed by atoms with Gasteiger partial charge in [-0.1, -0.05) is 59.5 Å². The molecule has 0 saturated carbocycles. The van der Waals surface area contributed by atoms with Gasteiger partial charge in [-0.15, -0.1) is 16.4 Å². The van der Waals surface area contributed by atoms with Gasteiger partial charge in [-0.25, -0.2) is 14.5 Å². The fraction of sp³-hybridized carbons (Fsp3) is 0.233. The second-order valence-electron chi connectivity index (χ2n) is 10.1. The number of amides is 2. The number of rotatable bonds is 9. The first-order valence-corrected chi connectivity index (χ1v) is 16.6. The molecule has 7 rings (SSSR count). The number of aromatic nitrogens is 4. The van der Waals surface area contributed by atoms with Crippen LogP contribution in [0, 0.1) is 0 Å². The highest BCUT2D eigenvalue weighted by molar-refractivity contribution is 8.00. The number of imidazole rings is 1. The fourth-order valence-electron chi connectivity index (χ4n) is 5.52. The lowest BCUT2D eigenvalue weighted by Gasteiger charge is -2.29. The third-order valence-electron chi connectivity index (χ3n) is 7.50. The summed E-state index contributed by atoms with van der Waals surface area (Å²) in [6.07, 6.45) is 5.44. The van der Waals surface area contributed by atoms with Crippen molar-refractivity contribution in [3.8, 4) is 17.3 Å². The molecule has 1 aliphatic rings. The molecule has 4 aromatic heterocycles. The van der Waals surface area contributed by atoms with Crippen molar-refractivity contribution in [3.05, 3.63) is 82.2 Å². The van der Waals surface area contributed by atoms with Gasteiger partial charge in [0.25, 0.3) is 5.91 Å². The Bertz CT molecular complexity index is 1910. The molecule has 0 bridgehead atoms. The highest BCUT2D eigenvalue weighted by Crippen LogP contribution is 2.36. The van der Waals surface area contributed by atoms with Crippen LogP contribution >= 0.6 is 34.4 Å². The van der Waals surface area contributed by atoms with Gasteiger partial charge < -0.3 is 19.8 Å². The van der Waals surface area contributed by atoms with E-state index in [4.69, 9.17) is 19.9 Å². The maximum Gasteiger partial charge on any atom is 0.259 e. The van der Waals surface area contributed by atoms with Crippen molar-refractivity contribution < 1.29 is 18.7 Å². The molecule has 0 radical (unpaired) electrons. The van der Waals surface area contributed by atoms with E-state index in [9.17, 15) is 9.59 Å². The minimum Gasteiger partial charge on any atom is -0.489 e. The van der Waals surface area contributed by atoms with Gasteiger partial charge in [0.1, 0.15) is 18.1 Å². The maximum absolute atomic E-state index is 14.2. The number of thioether (sulfide) groups is 1.